The van der Waals surface area contributed by atoms with Crippen LogP contribution in [0.15, 0.2) is 12.1 Å². The average Bonchev–Trinajstić information content (AvgIpc) is 2.57. The fraction of sp³-hybridized carbons (Fsp3) is 0.538. The number of likely N-dealkylation sites (tertiary alicyclic amines) is 1. The molecule has 2 atom stereocenters. The van der Waals surface area contributed by atoms with Gasteiger partial charge in [0.05, 0.1) is 11.4 Å². The number of benzene rings is 1. The number of likely N-dealkylation sites (N-methyl/N-ethyl adjacent to an activating group) is 1. The highest BCUT2D eigenvalue weighted by atomic mass is 15.1. The molecule has 1 aromatic carbocycles. The fourth-order valence-corrected chi connectivity index (χ4v) is 3.09. The number of anilines is 2. The predicted octanol–water partition coefficient (Wildman–Crippen LogP) is 1.79. The van der Waals surface area contributed by atoms with E-state index in [9.17, 15) is 0 Å². The maximum Gasteiger partial charge on any atom is 0.0613 e. The van der Waals surface area contributed by atoms with Gasteiger partial charge < -0.3 is 16.0 Å². The largest absolute Gasteiger partial charge is 0.397 e. The summed E-state index contributed by atoms with van der Waals surface area (Å²) in [6.07, 6.45) is 1.22. The van der Waals surface area contributed by atoms with Crippen LogP contribution in [0.3, 0.4) is 0 Å². The first-order chi connectivity index (χ1) is 7.65. The van der Waals surface area contributed by atoms with Crippen LogP contribution < -0.4 is 11.1 Å². The van der Waals surface area contributed by atoms with Crippen LogP contribution in [-0.2, 0) is 0 Å². The van der Waals surface area contributed by atoms with Crippen LogP contribution in [0.5, 0.6) is 0 Å². The molecule has 0 saturated carbocycles. The Hall–Kier alpha value is -1.22. The number of nitrogens with one attached hydrogen (secondary N) is 1. The van der Waals surface area contributed by atoms with Gasteiger partial charge in [-0.1, -0.05) is 6.07 Å². The number of nitrogens with two attached hydrogens (primary N) is 1. The number of aryl methyl sites for hydroxylation is 1. The number of piperidine rings is 1. The van der Waals surface area contributed by atoms with Gasteiger partial charge in [-0.2, -0.15) is 0 Å². The number of nitrogen functional groups attached to an aromatic ring is 1. The van der Waals surface area contributed by atoms with Gasteiger partial charge in [-0.05, 0) is 44.1 Å². The third-order valence-corrected chi connectivity index (χ3v) is 3.89. The van der Waals surface area contributed by atoms with Crippen molar-refractivity contribution in [2.75, 3.05) is 31.2 Å². The van der Waals surface area contributed by atoms with E-state index in [1.54, 1.807) is 0 Å². The van der Waals surface area contributed by atoms with E-state index in [-0.39, 0.29) is 0 Å². The highest BCUT2D eigenvalue weighted by Gasteiger charge is 2.36. The van der Waals surface area contributed by atoms with E-state index in [0.29, 0.717) is 12.0 Å². The van der Waals surface area contributed by atoms with Crippen LogP contribution in [0, 0.1) is 6.92 Å². The minimum Gasteiger partial charge on any atom is -0.397 e. The second-order valence-corrected chi connectivity index (χ2v) is 5.23. The lowest BCUT2D eigenvalue weighted by molar-refractivity contribution is 0.243. The molecule has 0 amide bonds. The Morgan fingerprint density at radius 3 is 3.06 bits per heavy atom. The van der Waals surface area contributed by atoms with Crippen LogP contribution >= 0.6 is 0 Å². The van der Waals surface area contributed by atoms with Gasteiger partial charge in [0.15, 0.2) is 0 Å². The molecule has 1 saturated heterocycles. The van der Waals surface area contributed by atoms with Crippen molar-refractivity contribution in [1.82, 2.24) is 4.90 Å². The second kappa shape index (κ2) is 3.39. The summed E-state index contributed by atoms with van der Waals surface area (Å²) in [7, 11) is 2.20. The van der Waals surface area contributed by atoms with Crippen LogP contribution in [0.1, 0.15) is 23.5 Å². The molecule has 0 aliphatic carbocycles. The molecule has 0 spiro atoms. The Morgan fingerprint density at radius 2 is 2.25 bits per heavy atom. The van der Waals surface area contributed by atoms with Crippen LogP contribution in [-0.4, -0.2) is 31.1 Å². The van der Waals surface area contributed by atoms with Crippen molar-refractivity contribution < 1.29 is 0 Å². The van der Waals surface area contributed by atoms with Gasteiger partial charge in [0, 0.05) is 18.5 Å². The van der Waals surface area contributed by atoms with Gasteiger partial charge >= 0.3 is 0 Å². The average molecular weight is 217 g/mol. The SMILES string of the molecule is Cc1cc(N)c2c(c1)[C@@H]1CN(C)CC[C@@H]1N2. The summed E-state index contributed by atoms with van der Waals surface area (Å²) in [6.45, 7) is 4.45. The van der Waals surface area contributed by atoms with Gasteiger partial charge in [0.1, 0.15) is 0 Å². The van der Waals surface area contributed by atoms with Crippen LogP contribution in [0.25, 0.3) is 0 Å². The Labute approximate surface area is 96.6 Å². The van der Waals surface area contributed by atoms with E-state index < -0.39 is 0 Å². The quantitative estimate of drug-likeness (QED) is 0.651. The molecular weight excluding hydrogens is 198 g/mol. The van der Waals surface area contributed by atoms with E-state index >= 15 is 0 Å². The molecule has 3 rings (SSSR count). The maximum absolute atomic E-state index is 6.09. The van der Waals surface area contributed by atoms with Gasteiger partial charge in [-0.3, -0.25) is 0 Å². The van der Waals surface area contributed by atoms with Gasteiger partial charge in [-0.25, -0.2) is 0 Å². The fourth-order valence-electron chi connectivity index (χ4n) is 3.09. The molecule has 16 heavy (non-hydrogen) atoms. The smallest absolute Gasteiger partial charge is 0.0613 e. The van der Waals surface area contributed by atoms with E-state index in [4.69, 9.17) is 5.73 Å². The van der Waals surface area contributed by atoms with E-state index in [2.05, 4.69) is 36.3 Å². The molecule has 3 heteroatoms. The second-order valence-electron chi connectivity index (χ2n) is 5.23. The highest BCUT2D eigenvalue weighted by Crippen LogP contribution is 2.43. The maximum atomic E-state index is 6.09. The Morgan fingerprint density at radius 1 is 1.44 bits per heavy atom. The first kappa shape index (κ1) is 9.97. The summed E-state index contributed by atoms with van der Waals surface area (Å²) in [5.74, 6) is 0.621. The lowest BCUT2D eigenvalue weighted by Crippen LogP contribution is -2.39. The molecular formula is C13H19N3. The van der Waals surface area contributed by atoms with Crippen molar-refractivity contribution in [3.63, 3.8) is 0 Å². The van der Waals surface area contributed by atoms with Crippen molar-refractivity contribution in [2.45, 2.75) is 25.3 Å². The number of hydrogen-bond donors (Lipinski definition) is 2. The molecule has 2 heterocycles. The zero-order valence-corrected chi connectivity index (χ0v) is 9.96. The third-order valence-electron chi connectivity index (χ3n) is 3.89. The van der Waals surface area contributed by atoms with E-state index in [0.717, 1.165) is 12.2 Å². The van der Waals surface area contributed by atoms with E-state index in [1.165, 1.54) is 29.8 Å². The third kappa shape index (κ3) is 1.39. The van der Waals surface area contributed by atoms with Crippen molar-refractivity contribution in [1.29, 1.82) is 0 Å². The normalized spacial score (nSPS) is 28.4. The molecule has 1 fully saturated rings. The number of hydrogen-bond acceptors (Lipinski definition) is 3. The molecule has 3 nitrogen and oxygen atoms in total. The van der Waals surface area contributed by atoms with Crippen molar-refractivity contribution in [2.24, 2.45) is 0 Å². The minimum atomic E-state index is 0.593. The zero-order valence-electron chi connectivity index (χ0n) is 9.96. The molecule has 2 aliphatic heterocycles. The molecule has 0 radical (unpaired) electrons. The molecule has 0 bridgehead atoms. The lowest BCUT2D eigenvalue weighted by atomic mass is 9.89. The van der Waals surface area contributed by atoms with Crippen molar-refractivity contribution >= 4 is 11.4 Å². The molecule has 2 aliphatic rings. The highest BCUT2D eigenvalue weighted by molar-refractivity contribution is 5.75. The standard InChI is InChI=1S/C13H19N3/c1-8-5-9-10-7-16(2)4-3-12(10)15-13(9)11(14)6-8/h5-6,10,12,15H,3-4,7,14H2,1-2H3/t10-,12-/m0/s1. The minimum absolute atomic E-state index is 0.593. The lowest BCUT2D eigenvalue weighted by Gasteiger charge is -2.32. The van der Waals surface area contributed by atoms with Crippen molar-refractivity contribution in [3.8, 4) is 0 Å². The first-order valence-electron chi connectivity index (χ1n) is 6.00. The topological polar surface area (TPSA) is 41.3 Å². The van der Waals surface area contributed by atoms with Gasteiger partial charge in [-0.15, -0.1) is 0 Å². The number of rotatable bonds is 0. The molecule has 0 unspecified atom stereocenters. The Bertz CT molecular complexity index is 427. The number of nitrogens with zero attached hydrogens (tertiary/aromatic N) is 1. The van der Waals surface area contributed by atoms with E-state index in [1.807, 2.05) is 0 Å². The molecule has 3 N–H and O–H groups in total. The van der Waals surface area contributed by atoms with Gasteiger partial charge in [0.2, 0.25) is 0 Å². The Balaban J connectivity index is 2.04. The molecule has 86 valence electrons. The van der Waals surface area contributed by atoms with Crippen LogP contribution in [0.4, 0.5) is 11.4 Å². The van der Waals surface area contributed by atoms with Crippen LogP contribution in [0.2, 0.25) is 0 Å². The van der Waals surface area contributed by atoms with Crippen molar-refractivity contribution in [3.05, 3.63) is 23.3 Å². The summed E-state index contributed by atoms with van der Waals surface area (Å²) >= 11 is 0. The molecule has 0 aromatic heterocycles. The summed E-state index contributed by atoms with van der Waals surface area (Å²) in [4.78, 5) is 2.41. The zero-order chi connectivity index (χ0) is 11.3. The summed E-state index contributed by atoms with van der Waals surface area (Å²) in [5, 5.41) is 3.60. The summed E-state index contributed by atoms with van der Waals surface area (Å²) < 4.78 is 0. The summed E-state index contributed by atoms with van der Waals surface area (Å²) in [5.41, 5.74) is 10.9. The molecule has 1 aromatic rings. The predicted molar refractivity (Wildman–Crippen MR) is 67.9 cm³/mol. The first-order valence-corrected chi connectivity index (χ1v) is 6.00. The Kier molecular flexibility index (Phi) is 2.11. The summed E-state index contributed by atoms with van der Waals surface area (Å²) in [6, 6.07) is 4.95. The number of fused-ring (bicyclic) bond motifs is 3. The monoisotopic (exact) mass is 217 g/mol. The van der Waals surface area contributed by atoms with Gasteiger partial charge in [0.25, 0.3) is 0 Å².